The predicted octanol–water partition coefficient (Wildman–Crippen LogP) is 3.12. The number of nitro groups is 1. The fraction of sp³-hybridized carbons (Fsp3) is 0.529. The van der Waals surface area contributed by atoms with E-state index in [2.05, 4.69) is 5.10 Å². The zero-order chi connectivity index (χ0) is 17.1. The Bertz CT molecular complexity index is 680. The van der Waals surface area contributed by atoms with Crippen molar-refractivity contribution in [3.63, 3.8) is 0 Å². The minimum Gasteiger partial charge on any atom is -0.497 e. The van der Waals surface area contributed by atoms with Crippen LogP contribution in [0.4, 0.5) is 5.69 Å². The second-order valence-corrected chi connectivity index (χ2v) is 6.23. The monoisotopic (exact) mass is 331 g/mol. The summed E-state index contributed by atoms with van der Waals surface area (Å²) in [4.78, 5) is 23.4. The van der Waals surface area contributed by atoms with Gasteiger partial charge in [0.15, 0.2) is 0 Å². The lowest BCUT2D eigenvalue weighted by molar-refractivity contribution is -0.385. The summed E-state index contributed by atoms with van der Waals surface area (Å²) < 4.78 is 5.16. The zero-order valence-corrected chi connectivity index (χ0v) is 13.7. The Morgan fingerprint density at radius 2 is 2.08 bits per heavy atom. The van der Waals surface area contributed by atoms with Crippen molar-refractivity contribution in [1.82, 2.24) is 5.01 Å². The van der Waals surface area contributed by atoms with Crippen LogP contribution in [0, 0.1) is 16.0 Å². The Morgan fingerprint density at radius 3 is 2.75 bits per heavy atom. The van der Waals surface area contributed by atoms with Crippen molar-refractivity contribution in [2.24, 2.45) is 11.0 Å². The van der Waals surface area contributed by atoms with Gasteiger partial charge in [-0.05, 0) is 25.0 Å². The van der Waals surface area contributed by atoms with Gasteiger partial charge in [-0.3, -0.25) is 14.9 Å². The number of methoxy groups -OCH3 is 1. The van der Waals surface area contributed by atoms with Gasteiger partial charge in [-0.15, -0.1) is 0 Å². The lowest BCUT2D eigenvalue weighted by atomic mass is 9.88. The van der Waals surface area contributed by atoms with E-state index in [4.69, 9.17) is 4.74 Å². The number of carbonyl (C=O) groups is 1. The molecule has 7 heteroatoms. The number of benzene rings is 1. The summed E-state index contributed by atoms with van der Waals surface area (Å²) in [5.41, 5.74) is 0.990. The topological polar surface area (TPSA) is 85.0 Å². The molecule has 0 N–H and O–H groups in total. The molecule has 0 bridgehead atoms. The first-order valence-electron chi connectivity index (χ1n) is 8.32. The van der Waals surface area contributed by atoms with Gasteiger partial charge in [0.2, 0.25) is 5.91 Å². The van der Waals surface area contributed by atoms with Crippen LogP contribution >= 0.6 is 0 Å². The second-order valence-electron chi connectivity index (χ2n) is 6.23. The summed E-state index contributed by atoms with van der Waals surface area (Å²) in [5, 5.41) is 17.2. The molecule has 3 rings (SSSR count). The fourth-order valence-electron chi connectivity index (χ4n) is 3.40. The maximum Gasteiger partial charge on any atom is 0.278 e. The smallest absolute Gasteiger partial charge is 0.278 e. The average Bonchev–Trinajstić information content (AvgIpc) is 3.11. The van der Waals surface area contributed by atoms with Crippen molar-refractivity contribution in [3.8, 4) is 5.75 Å². The number of hydrogen-bond donors (Lipinski definition) is 0. The molecule has 1 saturated carbocycles. The first-order valence-corrected chi connectivity index (χ1v) is 8.32. The number of ether oxygens (including phenoxy) is 1. The normalized spacial score (nSPS) is 18.4. The van der Waals surface area contributed by atoms with Crippen LogP contribution in [0.3, 0.4) is 0 Å². The molecule has 2 aliphatic rings. The summed E-state index contributed by atoms with van der Waals surface area (Å²) in [7, 11) is 1.51. The van der Waals surface area contributed by atoms with Crippen LogP contribution in [0.1, 0.15) is 44.1 Å². The molecule has 1 aromatic carbocycles. The van der Waals surface area contributed by atoms with Crippen molar-refractivity contribution in [3.05, 3.63) is 33.9 Å². The van der Waals surface area contributed by atoms with Gasteiger partial charge >= 0.3 is 0 Å². The van der Waals surface area contributed by atoms with Crippen molar-refractivity contribution in [2.45, 2.75) is 38.5 Å². The van der Waals surface area contributed by atoms with E-state index in [1.165, 1.54) is 24.6 Å². The molecule has 0 aromatic heterocycles. The van der Waals surface area contributed by atoms with Crippen LogP contribution in [0.15, 0.2) is 23.3 Å². The Hall–Kier alpha value is -2.44. The number of nitrogens with zero attached hydrogens (tertiary/aromatic N) is 3. The maximum atomic E-state index is 12.6. The number of nitro benzene ring substituents is 1. The Balaban J connectivity index is 1.85. The van der Waals surface area contributed by atoms with E-state index in [0.717, 1.165) is 25.7 Å². The molecule has 128 valence electrons. The minimum absolute atomic E-state index is 0.0125. The van der Waals surface area contributed by atoms with Crippen LogP contribution in [0.5, 0.6) is 5.75 Å². The number of hydrogen-bond acceptors (Lipinski definition) is 5. The molecule has 1 aliphatic carbocycles. The van der Waals surface area contributed by atoms with Gasteiger partial charge in [0.25, 0.3) is 5.69 Å². The molecule has 7 nitrogen and oxygen atoms in total. The van der Waals surface area contributed by atoms with Crippen LogP contribution in [0.25, 0.3) is 0 Å². The molecule has 0 radical (unpaired) electrons. The standard InChI is InChI=1S/C17H21N3O4/c1-24-13-7-8-16(20(22)23)14(11-13)15-9-10-19(18-15)17(21)12-5-3-2-4-6-12/h7-8,11-12H,2-6,9-10H2,1H3. The summed E-state index contributed by atoms with van der Waals surface area (Å²) >= 11 is 0. The summed E-state index contributed by atoms with van der Waals surface area (Å²) in [5.74, 6) is 0.632. The lowest BCUT2D eigenvalue weighted by Crippen LogP contribution is -2.31. The highest BCUT2D eigenvalue weighted by Crippen LogP contribution is 2.30. The van der Waals surface area contributed by atoms with Crippen molar-refractivity contribution in [1.29, 1.82) is 0 Å². The summed E-state index contributed by atoms with van der Waals surface area (Å²) in [6.45, 7) is 0.485. The van der Waals surface area contributed by atoms with Crippen LogP contribution in [0.2, 0.25) is 0 Å². The van der Waals surface area contributed by atoms with E-state index in [9.17, 15) is 14.9 Å². The molecular weight excluding hydrogens is 310 g/mol. The fourth-order valence-corrected chi connectivity index (χ4v) is 3.40. The number of carbonyl (C=O) groups excluding carboxylic acids is 1. The average molecular weight is 331 g/mol. The van der Waals surface area contributed by atoms with Gasteiger partial charge in [-0.1, -0.05) is 19.3 Å². The largest absolute Gasteiger partial charge is 0.497 e. The van der Waals surface area contributed by atoms with Gasteiger partial charge in [-0.2, -0.15) is 5.10 Å². The zero-order valence-electron chi connectivity index (χ0n) is 13.7. The summed E-state index contributed by atoms with van der Waals surface area (Å²) in [6, 6.07) is 4.59. The van der Waals surface area contributed by atoms with Crippen LogP contribution in [-0.2, 0) is 4.79 Å². The molecular formula is C17H21N3O4. The molecule has 1 fully saturated rings. The molecule has 1 aliphatic heterocycles. The Morgan fingerprint density at radius 1 is 1.33 bits per heavy atom. The predicted molar refractivity (Wildman–Crippen MR) is 89.1 cm³/mol. The molecule has 1 heterocycles. The first kappa shape index (κ1) is 16.4. The van der Waals surface area contributed by atoms with E-state index in [1.807, 2.05) is 0 Å². The van der Waals surface area contributed by atoms with E-state index in [0.29, 0.717) is 30.0 Å². The van der Waals surface area contributed by atoms with Gasteiger partial charge in [0.05, 0.1) is 29.9 Å². The molecule has 1 aromatic rings. The molecule has 0 spiro atoms. The molecule has 0 atom stereocenters. The van der Waals surface area contributed by atoms with Crippen molar-refractivity contribution < 1.29 is 14.5 Å². The van der Waals surface area contributed by atoms with Crippen LogP contribution < -0.4 is 4.74 Å². The van der Waals surface area contributed by atoms with Gasteiger partial charge in [-0.25, -0.2) is 5.01 Å². The third kappa shape index (κ3) is 3.25. The minimum atomic E-state index is -0.428. The maximum absolute atomic E-state index is 12.6. The van der Waals surface area contributed by atoms with Gasteiger partial charge in [0.1, 0.15) is 5.75 Å². The highest BCUT2D eigenvalue weighted by atomic mass is 16.6. The van der Waals surface area contributed by atoms with E-state index in [-0.39, 0.29) is 17.5 Å². The van der Waals surface area contributed by atoms with Gasteiger partial charge in [0, 0.05) is 18.4 Å². The molecule has 1 amide bonds. The van der Waals surface area contributed by atoms with Crippen LogP contribution in [-0.4, -0.2) is 35.2 Å². The highest BCUT2D eigenvalue weighted by molar-refractivity contribution is 6.06. The van der Waals surface area contributed by atoms with Gasteiger partial charge < -0.3 is 4.74 Å². The molecule has 0 saturated heterocycles. The Kier molecular flexibility index (Phi) is 4.78. The van der Waals surface area contributed by atoms with E-state index in [1.54, 1.807) is 12.1 Å². The quantitative estimate of drug-likeness (QED) is 0.626. The van der Waals surface area contributed by atoms with E-state index >= 15 is 0 Å². The third-order valence-electron chi connectivity index (χ3n) is 4.72. The lowest BCUT2D eigenvalue weighted by Gasteiger charge is -2.23. The molecule has 0 unspecified atom stereocenters. The Labute approximate surface area is 140 Å². The second kappa shape index (κ2) is 6.98. The SMILES string of the molecule is COc1ccc([N+](=O)[O-])c(C2=NN(C(=O)C3CCCCC3)CC2)c1. The summed E-state index contributed by atoms with van der Waals surface area (Å²) in [6.07, 6.45) is 5.71. The molecule has 24 heavy (non-hydrogen) atoms. The number of hydrazone groups is 1. The number of rotatable bonds is 4. The van der Waals surface area contributed by atoms with Crippen molar-refractivity contribution >= 4 is 17.3 Å². The third-order valence-corrected chi connectivity index (χ3v) is 4.72. The van der Waals surface area contributed by atoms with E-state index < -0.39 is 4.92 Å². The number of amides is 1. The first-order chi connectivity index (χ1) is 11.6. The highest BCUT2D eigenvalue weighted by Gasteiger charge is 2.31. The van der Waals surface area contributed by atoms with Crippen molar-refractivity contribution in [2.75, 3.05) is 13.7 Å².